The summed E-state index contributed by atoms with van der Waals surface area (Å²) in [4.78, 5) is 2.43. The molecule has 4 heteroatoms. The Morgan fingerprint density at radius 2 is 1.85 bits per heavy atom. The predicted molar refractivity (Wildman–Crippen MR) is 81.0 cm³/mol. The topological polar surface area (TPSA) is 47.7 Å². The van der Waals surface area contributed by atoms with Crippen LogP contribution in [0.15, 0.2) is 24.3 Å². The number of nitrogens with two attached hydrogens (primary N) is 1. The van der Waals surface area contributed by atoms with Gasteiger partial charge in [-0.15, -0.1) is 0 Å². The number of morpholine rings is 1. The Labute approximate surface area is 121 Å². The molecule has 0 saturated carbocycles. The van der Waals surface area contributed by atoms with E-state index in [-0.39, 0.29) is 18.2 Å². The van der Waals surface area contributed by atoms with Crippen molar-refractivity contribution < 1.29 is 9.47 Å². The van der Waals surface area contributed by atoms with E-state index < -0.39 is 0 Å². The first-order chi connectivity index (χ1) is 9.63. The summed E-state index contributed by atoms with van der Waals surface area (Å²) in [5.41, 5.74) is 7.26. The molecule has 0 amide bonds. The molecule has 1 aliphatic heterocycles. The number of rotatable bonds is 5. The van der Waals surface area contributed by atoms with Gasteiger partial charge < -0.3 is 15.2 Å². The first kappa shape index (κ1) is 15.3. The largest absolute Gasteiger partial charge is 0.494 e. The molecule has 1 aromatic carbocycles. The van der Waals surface area contributed by atoms with E-state index in [2.05, 4.69) is 30.9 Å². The van der Waals surface area contributed by atoms with Crippen LogP contribution in [0.4, 0.5) is 0 Å². The number of hydrogen-bond donors (Lipinski definition) is 1. The van der Waals surface area contributed by atoms with E-state index in [1.54, 1.807) is 0 Å². The van der Waals surface area contributed by atoms with Gasteiger partial charge in [0, 0.05) is 25.7 Å². The van der Waals surface area contributed by atoms with Crippen molar-refractivity contribution in [1.82, 2.24) is 4.90 Å². The van der Waals surface area contributed by atoms with Crippen LogP contribution in [0.1, 0.15) is 32.4 Å². The third kappa shape index (κ3) is 3.72. The lowest BCUT2D eigenvalue weighted by molar-refractivity contribution is -0.0799. The smallest absolute Gasteiger partial charge is 0.119 e. The minimum Gasteiger partial charge on any atom is -0.494 e. The molecule has 1 aromatic rings. The molecule has 0 radical (unpaired) electrons. The lowest BCUT2D eigenvalue weighted by atomic mass is 10.0. The molecule has 0 aromatic heterocycles. The second-order valence-corrected chi connectivity index (χ2v) is 5.46. The first-order valence-corrected chi connectivity index (χ1v) is 7.46. The summed E-state index contributed by atoms with van der Waals surface area (Å²) in [6.07, 6.45) is 0.519. The van der Waals surface area contributed by atoms with E-state index in [0.717, 1.165) is 18.8 Å². The molecule has 1 aliphatic rings. The summed E-state index contributed by atoms with van der Waals surface area (Å²) in [6, 6.07) is 8.53. The Morgan fingerprint density at radius 1 is 1.25 bits per heavy atom. The predicted octanol–water partition coefficient (Wildman–Crippen LogP) is 2.19. The second-order valence-electron chi connectivity index (χ2n) is 5.46. The summed E-state index contributed by atoms with van der Waals surface area (Å²) in [7, 11) is 0. The van der Waals surface area contributed by atoms with Crippen LogP contribution in [0.2, 0.25) is 0 Å². The minimum absolute atomic E-state index is 0.250. The quantitative estimate of drug-likeness (QED) is 0.897. The maximum Gasteiger partial charge on any atom is 0.119 e. The highest BCUT2D eigenvalue weighted by Gasteiger charge is 2.28. The molecule has 0 aliphatic carbocycles. The molecule has 112 valence electrons. The molecular formula is C16H26N2O2. The number of nitrogens with zero attached hydrogens (tertiary/aromatic N) is 1. The van der Waals surface area contributed by atoms with Crippen molar-refractivity contribution in [2.45, 2.75) is 39.0 Å². The Balaban J connectivity index is 2.10. The van der Waals surface area contributed by atoms with Crippen molar-refractivity contribution in [3.8, 4) is 5.75 Å². The van der Waals surface area contributed by atoms with Crippen LogP contribution in [0.5, 0.6) is 5.75 Å². The van der Waals surface area contributed by atoms with Crippen LogP contribution >= 0.6 is 0 Å². The Bertz CT molecular complexity index is 397. The van der Waals surface area contributed by atoms with Gasteiger partial charge >= 0.3 is 0 Å². The van der Waals surface area contributed by atoms with Gasteiger partial charge in [0.05, 0.1) is 18.8 Å². The van der Waals surface area contributed by atoms with Crippen molar-refractivity contribution in [3.63, 3.8) is 0 Å². The Hall–Kier alpha value is -1.10. The molecule has 1 fully saturated rings. The molecule has 1 heterocycles. The highest BCUT2D eigenvalue weighted by Crippen LogP contribution is 2.25. The third-order valence-electron chi connectivity index (χ3n) is 3.69. The van der Waals surface area contributed by atoms with Gasteiger partial charge in [0.1, 0.15) is 5.75 Å². The molecule has 3 atom stereocenters. The van der Waals surface area contributed by atoms with Crippen LogP contribution < -0.4 is 10.5 Å². The molecule has 4 nitrogen and oxygen atoms in total. The summed E-state index contributed by atoms with van der Waals surface area (Å²) in [5, 5.41) is 0. The van der Waals surface area contributed by atoms with E-state index in [1.165, 1.54) is 5.56 Å². The van der Waals surface area contributed by atoms with Gasteiger partial charge in [-0.05, 0) is 38.5 Å². The van der Waals surface area contributed by atoms with Crippen molar-refractivity contribution in [2.24, 2.45) is 5.73 Å². The molecule has 2 rings (SSSR count). The molecule has 0 bridgehead atoms. The van der Waals surface area contributed by atoms with Crippen molar-refractivity contribution in [3.05, 3.63) is 29.8 Å². The van der Waals surface area contributed by atoms with Gasteiger partial charge in [0.15, 0.2) is 0 Å². The molecule has 2 N–H and O–H groups in total. The van der Waals surface area contributed by atoms with Gasteiger partial charge in [-0.1, -0.05) is 12.1 Å². The summed E-state index contributed by atoms with van der Waals surface area (Å²) in [6.45, 7) is 9.40. The van der Waals surface area contributed by atoms with Crippen molar-refractivity contribution >= 4 is 0 Å². The standard InChI is InChI=1S/C16H26N2O2/c1-4-19-15-7-5-14(6-8-15)16(9-17)18-10-12(2)20-13(3)11-18/h5-8,12-13,16H,4,9-11,17H2,1-3H3/t12-,13-,16-/m0/s1. The maximum atomic E-state index is 6.01. The first-order valence-electron chi connectivity index (χ1n) is 7.46. The van der Waals surface area contributed by atoms with Crippen LogP contribution in [-0.4, -0.2) is 43.3 Å². The van der Waals surface area contributed by atoms with E-state index in [1.807, 2.05) is 19.1 Å². The molecule has 0 unspecified atom stereocenters. The summed E-state index contributed by atoms with van der Waals surface area (Å²) < 4.78 is 11.3. The monoisotopic (exact) mass is 278 g/mol. The lowest BCUT2D eigenvalue weighted by Crippen LogP contribution is -2.48. The lowest BCUT2D eigenvalue weighted by Gasteiger charge is -2.40. The molecule has 1 saturated heterocycles. The number of ether oxygens (including phenoxy) is 2. The SMILES string of the molecule is CCOc1ccc([C@H](CN)N2C[C@H](C)O[C@@H](C)C2)cc1. The van der Waals surface area contributed by atoms with Crippen LogP contribution in [0.25, 0.3) is 0 Å². The normalized spacial score (nSPS) is 25.4. The van der Waals surface area contributed by atoms with E-state index in [4.69, 9.17) is 15.2 Å². The average molecular weight is 278 g/mol. The van der Waals surface area contributed by atoms with Crippen molar-refractivity contribution in [1.29, 1.82) is 0 Å². The van der Waals surface area contributed by atoms with E-state index in [9.17, 15) is 0 Å². The second kappa shape index (κ2) is 7.07. The fourth-order valence-electron chi connectivity index (χ4n) is 2.92. The highest BCUT2D eigenvalue weighted by atomic mass is 16.5. The Kier molecular flexibility index (Phi) is 5.40. The summed E-state index contributed by atoms with van der Waals surface area (Å²) >= 11 is 0. The fraction of sp³-hybridized carbons (Fsp3) is 0.625. The van der Waals surface area contributed by atoms with E-state index in [0.29, 0.717) is 13.2 Å². The van der Waals surface area contributed by atoms with Crippen LogP contribution in [-0.2, 0) is 4.74 Å². The molecule has 0 spiro atoms. The zero-order valence-corrected chi connectivity index (χ0v) is 12.7. The van der Waals surface area contributed by atoms with E-state index >= 15 is 0 Å². The number of hydrogen-bond acceptors (Lipinski definition) is 4. The Morgan fingerprint density at radius 3 is 2.35 bits per heavy atom. The maximum absolute atomic E-state index is 6.01. The van der Waals surface area contributed by atoms with Gasteiger partial charge in [-0.3, -0.25) is 4.90 Å². The van der Waals surface area contributed by atoms with Crippen LogP contribution in [0.3, 0.4) is 0 Å². The zero-order chi connectivity index (χ0) is 14.5. The zero-order valence-electron chi connectivity index (χ0n) is 12.7. The van der Waals surface area contributed by atoms with Gasteiger partial charge in [0.25, 0.3) is 0 Å². The van der Waals surface area contributed by atoms with Crippen LogP contribution in [0, 0.1) is 0 Å². The molecular weight excluding hydrogens is 252 g/mol. The highest BCUT2D eigenvalue weighted by molar-refractivity contribution is 5.29. The van der Waals surface area contributed by atoms with Gasteiger partial charge in [0.2, 0.25) is 0 Å². The van der Waals surface area contributed by atoms with Gasteiger partial charge in [-0.25, -0.2) is 0 Å². The average Bonchev–Trinajstić information content (AvgIpc) is 2.41. The fourth-order valence-corrected chi connectivity index (χ4v) is 2.92. The van der Waals surface area contributed by atoms with Gasteiger partial charge in [-0.2, -0.15) is 0 Å². The molecule has 20 heavy (non-hydrogen) atoms. The third-order valence-corrected chi connectivity index (χ3v) is 3.69. The summed E-state index contributed by atoms with van der Waals surface area (Å²) in [5.74, 6) is 0.913. The van der Waals surface area contributed by atoms with Crippen molar-refractivity contribution in [2.75, 3.05) is 26.2 Å². The number of benzene rings is 1. The minimum atomic E-state index is 0.250.